The summed E-state index contributed by atoms with van der Waals surface area (Å²) in [5, 5.41) is 31.1. The van der Waals surface area contributed by atoms with Gasteiger partial charge in [-0.1, -0.05) is 19.4 Å². The Labute approximate surface area is 154 Å². The van der Waals surface area contributed by atoms with Gasteiger partial charge in [0.2, 0.25) is 0 Å². The van der Waals surface area contributed by atoms with Crippen LogP contribution in [0.5, 0.6) is 0 Å². The summed E-state index contributed by atoms with van der Waals surface area (Å²) in [7, 11) is 0. The Hall–Kier alpha value is -1.17. The van der Waals surface area contributed by atoms with Crippen LogP contribution in [0.3, 0.4) is 0 Å². The molecular weight excluding hydrogens is 332 g/mol. The van der Waals surface area contributed by atoms with Gasteiger partial charge in [-0.15, -0.1) is 0 Å². The van der Waals surface area contributed by atoms with Crippen molar-refractivity contribution in [2.75, 3.05) is 0 Å². The van der Waals surface area contributed by atoms with Gasteiger partial charge in [-0.25, -0.2) is 0 Å². The Bertz CT molecular complexity index is 695. The van der Waals surface area contributed by atoms with Crippen LogP contribution in [0.25, 0.3) is 0 Å². The number of hydrogen-bond acceptors (Lipinski definition) is 5. The fraction of sp³-hybridized carbons (Fsp3) is 0.762. The summed E-state index contributed by atoms with van der Waals surface area (Å²) < 4.78 is 5.63. The van der Waals surface area contributed by atoms with Gasteiger partial charge in [0.1, 0.15) is 5.76 Å². The van der Waals surface area contributed by atoms with E-state index >= 15 is 0 Å². The molecule has 0 heterocycles. The molecule has 4 aliphatic carbocycles. The molecule has 0 aromatic carbocycles. The molecule has 3 N–H and O–H groups in total. The summed E-state index contributed by atoms with van der Waals surface area (Å²) in [6.07, 6.45) is 4.74. The minimum atomic E-state index is -0.745. The monoisotopic (exact) mass is 362 g/mol. The van der Waals surface area contributed by atoms with Crippen LogP contribution in [-0.4, -0.2) is 39.6 Å². The number of aliphatic hydroxyl groups is 3. The van der Waals surface area contributed by atoms with Crippen molar-refractivity contribution in [1.29, 1.82) is 0 Å². The highest BCUT2D eigenvalue weighted by Crippen LogP contribution is 2.64. The average Bonchev–Trinajstić information content (AvgIpc) is 2.79. The van der Waals surface area contributed by atoms with E-state index in [0.29, 0.717) is 18.6 Å². The van der Waals surface area contributed by atoms with E-state index in [2.05, 4.69) is 13.8 Å². The molecular formula is C21H30O5. The number of fused-ring (bicyclic) bond motifs is 5. The normalized spacial score (nSPS) is 47.6. The number of esters is 1. The summed E-state index contributed by atoms with van der Waals surface area (Å²) in [4.78, 5) is 11.8. The second kappa shape index (κ2) is 5.91. The van der Waals surface area contributed by atoms with E-state index in [9.17, 15) is 20.1 Å². The van der Waals surface area contributed by atoms with Crippen molar-refractivity contribution < 1.29 is 24.9 Å². The maximum Gasteiger partial charge on any atom is 0.308 e. The van der Waals surface area contributed by atoms with Gasteiger partial charge in [0.15, 0.2) is 0 Å². The van der Waals surface area contributed by atoms with Crippen LogP contribution in [0.1, 0.15) is 59.3 Å². The molecule has 3 saturated carbocycles. The zero-order valence-electron chi connectivity index (χ0n) is 15.9. The maximum atomic E-state index is 11.8. The van der Waals surface area contributed by atoms with E-state index in [0.717, 1.165) is 31.3 Å². The number of hydrogen-bond donors (Lipinski definition) is 3. The smallest absolute Gasteiger partial charge is 0.308 e. The van der Waals surface area contributed by atoms with E-state index < -0.39 is 12.2 Å². The lowest BCUT2D eigenvalue weighted by Crippen LogP contribution is -2.48. The highest BCUT2D eigenvalue weighted by atomic mass is 16.5. The quantitative estimate of drug-likeness (QED) is 0.624. The predicted octanol–water partition coefficient (Wildman–Crippen LogP) is 2.45. The first kappa shape index (κ1) is 18.2. The average molecular weight is 362 g/mol. The zero-order valence-corrected chi connectivity index (χ0v) is 15.9. The van der Waals surface area contributed by atoms with Crippen LogP contribution in [0.15, 0.2) is 23.0 Å². The predicted molar refractivity (Wildman–Crippen MR) is 95.8 cm³/mol. The van der Waals surface area contributed by atoms with Gasteiger partial charge in [0.25, 0.3) is 0 Å². The second-order valence-corrected chi connectivity index (χ2v) is 9.29. The topological polar surface area (TPSA) is 87.0 Å². The molecule has 0 bridgehead atoms. The molecule has 5 nitrogen and oxygen atoms in total. The molecule has 0 amide bonds. The summed E-state index contributed by atoms with van der Waals surface area (Å²) in [6, 6.07) is 0. The minimum Gasteiger partial charge on any atom is -0.427 e. The number of carbonyl (C=O) groups is 1. The highest BCUT2D eigenvalue weighted by molar-refractivity contribution is 5.68. The lowest BCUT2D eigenvalue weighted by Gasteiger charge is -2.54. The standard InChI is InChI=1S/C21H30O5/c1-11(22)26-17-9-12-8-13(23)4-6-20(12,2)14-5-7-21(3)15(18(14)17)10-16(24)19(21)25/h9,13-16,19,23-25H,4-8,10H2,1-3H3/t13-,14-,15-,16+,19-,20-,21-/m0/s1. The Kier molecular flexibility index (Phi) is 4.14. The van der Waals surface area contributed by atoms with Crippen molar-refractivity contribution in [2.45, 2.75) is 77.6 Å². The third-order valence-electron chi connectivity index (χ3n) is 7.83. The van der Waals surface area contributed by atoms with Crippen molar-refractivity contribution in [3.8, 4) is 0 Å². The lowest BCUT2D eigenvalue weighted by atomic mass is 9.51. The van der Waals surface area contributed by atoms with E-state index in [-0.39, 0.29) is 34.7 Å². The molecule has 7 atom stereocenters. The van der Waals surface area contributed by atoms with Crippen LogP contribution in [-0.2, 0) is 9.53 Å². The van der Waals surface area contributed by atoms with Crippen LogP contribution in [0.4, 0.5) is 0 Å². The van der Waals surface area contributed by atoms with Gasteiger partial charge >= 0.3 is 5.97 Å². The van der Waals surface area contributed by atoms with Crippen molar-refractivity contribution in [1.82, 2.24) is 0 Å². The summed E-state index contributed by atoms with van der Waals surface area (Å²) in [5.41, 5.74) is 1.85. The van der Waals surface area contributed by atoms with E-state index in [4.69, 9.17) is 4.74 Å². The molecule has 3 fully saturated rings. The van der Waals surface area contributed by atoms with Crippen LogP contribution in [0, 0.1) is 22.7 Å². The van der Waals surface area contributed by atoms with E-state index in [1.54, 1.807) is 0 Å². The fourth-order valence-corrected chi connectivity index (χ4v) is 6.27. The first-order valence-electron chi connectivity index (χ1n) is 9.84. The first-order chi connectivity index (χ1) is 12.2. The molecule has 144 valence electrons. The number of rotatable bonds is 1. The summed E-state index contributed by atoms with van der Waals surface area (Å²) >= 11 is 0. The highest BCUT2D eigenvalue weighted by Gasteiger charge is 2.60. The molecule has 0 saturated heterocycles. The number of aliphatic hydroxyl groups excluding tert-OH is 3. The van der Waals surface area contributed by atoms with E-state index in [1.807, 2.05) is 6.08 Å². The summed E-state index contributed by atoms with van der Waals surface area (Å²) in [6.45, 7) is 5.73. The first-order valence-corrected chi connectivity index (χ1v) is 9.84. The van der Waals surface area contributed by atoms with Gasteiger partial charge in [0.05, 0.1) is 18.3 Å². The molecule has 0 spiro atoms. The lowest BCUT2D eigenvalue weighted by molar-refractivity contribution is -0.136. The van der Waals surface area contributed by atoms with Crippen molar-refractivity contribution in [2.24, 2.45) is 22.7 Å². The third-order valence-corrected chi connectivity index (χ3v) is 7.83. The molecule has 0 aliphatic heterocycles. The van der Waals surface area contributed by atoms with Crippen molar-refractivity contribution in [3.05, 3.63) is 23.0 Å². The van der Waals surface area contributed by atoms with Gasteiger partial charge in [-0.05, 0) is 67.4 Å². The third kappa shape index (κ3) is 2.44. The number of allylic oxidation sites excluding steroid dienone is 2. The number of carbonyl (C=O) groups excluding carboxylic acids is 1. The SMILES string of the molecule is CC(=O)OC1=C2[C@@H]3C[C@@H](O)[C@H](O)[C@@]3(C)CC[C@@H]2[C@@]2(C)CC[C@H](O)CC2=C1. The second-order valence-electron chi connectivity index (χ2n) is 9.29. The largest absolute Gasteiger partial charge is 0.427 e. The fourth-order valence-electron chi connectivity index (χ4n) is 6.27. The van der Waals surface area contributed by atoms with Gasteiger partial charge in [-0.2, -0.15) is 0 Å². The zero-order chi connectivity index (χ0) is 18.9. The molecule has 0 radical (unpaired) electrons. The number of ether oxygens (including phenoxy) is 1. The Morgan fingerprint density at radius 3 is 2.58 bits per heavy atom. The van der Waals surface area contributed by atoms with Crippen molar-refractivity contribution in [3.63, 3.8) is 0 Å². The van der Waals surface area contributed by atoms with Crippen LogP contribution >= 0.6 is 0 Å². The molecule has 4 rings (SSSR count). The molecule has 26 heavy (non-hydrogen) atoms. The van der Waals surface area contributed by atoms with Crippen molar-refractivity contribution >= 4 is 5.97 Å². The summed E-state index contributed by atoms with van der Waals surface area (Å²) in [5.74, 6) is 0.498. The van der Waals surface area contributed by atoms with E-state index in [1.165, 1.54) is 12.5 Å². The molecule has 5 heteroatoms. The van der Waals surface area contributed by atoms with Gasteiger partial charge in [0, 0.05) is 12.3 Å². The molecule has 4 aliphatic rings. The maximum absolute atomic E-state index is 11.8. The van der Waals surface area contributed by atoms with Crippen LogP contribution < -0.4 is 0 Å². The Balaban J connectivity index is 1.85. The molecule has 0 aromatic heterocycles. The van der Waals surface area contributed by atoms with Gasteiger partial charge in [-0.3, -0.25) is 4.79 Å². The Morgan fingerprint density at radius 2 is 1.88 bits per heavy atom. The Morgan fingerprint density at radius 1 is 1.15 bits per heavy atom. The minimum absolute atomic E-state index is 0.0158. The van der Waals surface area contributed by atoms with Crippen LogP contribution in [0.2, 0.25) is 0 Å². The molecule has 0 aromatic rings. The van der Waals surface area contributed by atoms with Gasteiger partial charge < -0.3 is 20.1 Å². The molecule has 0 unspecified atom stereocenters.